The van der Waals surface area contributed by atoms with Crippen LogP contribution in [0.3, 0.4) is 0 Å². The fourth-order valence-corrected chi connectivity index (χ4v) is 0.905. The molecule has 0 unspecified atom stereocenters. The summed E-state index contributed by atoms with van der Waals surface area (Å²) in [5, 5.41) is 0. The van der Waals surface area contributed by atoms with Crippen molar-refractivity contribution in [3.05, 3.63) is 54.6 Å². The van der Waals surface area contributed by atoms with Crippen LogP contribution in [0.1, 0.15) is 12.5 Å². The topological polar surface area (TPSA) is 9.23 Å². The molecule has 0 aliphatic carbocycles. The van der Waals surface area contributed by atoms with Crippen LogP contribution >= 0.6 is 0 Å². The molecule has 0 aliphatic heterocycles. The Balaban J connectivity index is 2.78. The molecule has 0 radical (unpaired) electrons. The highest BCUT2D eigenvalue weighted by Gasteiger charge is 1.99. The Labute approximate surface area is 77.2 Å². The summed E-state index contributed by atoms with van der Waals surface area (Å²) < 4.78 is 17.7. The van der Waals surface area contributed by atoms with E-state index in [1.54, 1.807) is 19.1 Å². The number of benzene rings is 1. The summed E-state index contributed by atoms with van der Waals surface area (Å²) >= 11 is 0. The van der Waals surface area contributed by atoms with E-state index in [1.807, 2.05) is 0 Å². The minimum Gasteiger partial charge on any atom is -0.463 e. The molecule has 0 atom stereocenters. The van der Waals surface area contributed by atoms with Gasteiger partial charge in [-0.25, -0.2) is 4.39 Å². The minimum atomic E-state index is -0.271. The Hall–Kier alpha value is -1.57. The second-order valence-corrected chi connectivity index (χ2v) is 2.73. The van der Waals surface area contributed by atoms with Gasteiger partial charge in [0.15, 0.2) is 0 Å². The van der Waals surface area contributed by atoms with Crippen molar-refractivity contribution in [2.45, 2.75) is 6.92 Å². The molecule has 0 N–H and O–H groups in total. The molecule has 0 spiro atoms. The molecule has 2 heteroatoms. The van der Waals surface area contributed by atoms with Crippen LogP contribution < -0.4 is 0 Å². The fraction of sp³-hybridized carbons (Fsp3) is 0.0909. The third-order valence-electron chi connectivity index (χ3n) is 1.46. The zero-order valence-corrected chi connectivity index (χ0v) is 7.51. The lowest BCUT2D eigenvalue weighted by molar-refractivity contribution is 0.388. The van der Waals surface area contributed by atoms with E-state index in [0.717, 1.165) is 5.56 Å². The fourth-order valence-electron chi connectivity index (χ4n) is 0.905. The highest BCUT2D eigenvalue weighted by Crippen LogP contribution is 2.16. The van der Waals surface area contributed by atoms with Crippen LogP contribution in [0.5, 0.6) is 0 Å². The first-order valence-electron chi connectivity index (χ1n) is 3.88. The predicted molar refractivity (Wildman–Crippen MR) is 51.3 cm³/mol. The molecule has 0 saturated carbocycles. The van der Waals surface area contributed by atoms with Crippen molar-refractivity contribution >= 4 is 5.76 Å². The molecular formula is C11H11FO. The van der Waals surface area contributed by atoms with Gasteiger partial charge in [0.25, 0.3) is 0 Å². The van der Waals surface area contributed by atoms with Crippen molar-refractivity contribution in [2.75, 3.05) is 0 Å². The van der Waals surface area contributed by atoms with E-state index in [-0.39, 0.29) is 5.82 Å². The number of rotatable bonds is 3. The van der Waals surface area contributed by atoms with Crippen LogP contribution in [0.15, 0.2) is 43.2 Å². The number of halogens is 1. The molecule has 13 heavy (non-hydrogen) atoms. The first-order chi connectivity index (χ1) is 6.09. The summed E-state index contributed by atoms with van der Waals surface area (Å²) in [4.78, 5) is 0. The molecule has 0 saturated heterocycles. The standard InChI is InChI=1S/C11H11FO/c1-8(2)13-9(3)10-4-6-11(12)7-5-10/h4-7H,1,3H2,2H3. The Bertz CT molecular complexity index is 324. The van der Waals surface area contributed by atoms with Gasteiger partial charge in [0.1, 0.15) is 11.6 Å². The SMILES string of the molecule is C=C(C)OC(=C)c1ccc(F)cc1. The second-order valence-electron chi connectivity index (χ2n) is 2.73. The van der Waals surface area contributed by atoms with Crippen molar-refractivity contribution in [1.29, 1.82) is 0 Å². The van der Waals surface area contributed by atoms with Crippen molar-refractivity contribution in [3.63, 3.8) is 0 Å². The molecule has 0 heterocycles. The van der Waals surface area contributed by atoms with Gasteiger partial charge in [-0.2, -0.15) is 0 Å². The maximum Gasteiger partial charge on any atom is 0.126 e. The van der Waals surface area contributed by atoms with Crippen LogP contribution in [0.2, 0.25) is 0 Å². The number of ether oxygens (including phenoxy) is 1. The molecule has 1 nitrogen and oxygen atoms in total. The summed E-state index contributed by atoms with van der Waals surface area (Å²) in [6.45, 7) is 9.00. The van der Waals surface area contributed by atoms with Gasteiger partial charge in [-0.1, -0.05) is 13.2 Å². The van der Waals surface area contributed by atoms with Crippen LogP contribution in [0.4, 0.5) is 4.39 Å². The van der Waals surface area contributed by atoms with E-state index in [2.05, 4.69) is 13.2 Å². The lowest BCUT2D eigenvalue weighted by Gasteiger charge is -2.07. The Morgan fingerprint density at radius 1 is 1.23 bits per heavy atom. The van der Waals surface area contributed by atoms with Gasteiger partial charge < -0.3 is 4.74 Å². The largest absolute Gasteiger partial charge is 0.463 e. The molecule has 0 fully saturated rings. The molecule has 0 aromatic heterocycles. The predicted octanol–water partition coefficient (Wildman–Crippen LogP) is 3.35. The number of hydrogen-bond acceptors (Lipinski definition) is 1. The van der Waals surface area contributed by atoms with E-state index in [4.69, 9.17) is 4.74 Å². The molecule has 68 valence electrons. The quantitative estimate of drug-likeness (QED) is 0.645. The first kappa shape index (κ1) is 9.52. The molecule has 1 aromatic carbocycles. The van der Waals surface area contributed by atoms with Gasteiger partial charge in [-0.15, -0.1) is 0 Å². The average Bonchev–Trinajstić information content (AvgIpc) is 2.04. The first-order valence-corrected chi connectivity index (χ1v) is 3.88. The number of hydrogen-bond donors (Lipinski definition) is 0. The Morgan fingerprint density at radius 3 is 2.23 bits per heavy atom. The zero-order chi connectivity index (χ0) is 9.84. The second kappa shape index (κ2) is 3.90. The van der Waals surface area contributed by atoms with Crippen molar-refractivity contribution in [1.82, 2.24) is 0 Å². The van der Waals surface area contributed by atoms with Crippen LogP contribution in [0, 0.1) is 5.82 Å². The normalized spacial score (nSPS) is 9.38. The molecule has 0 amide bonds. The highest BCUT2D eigenvalue weighted by molar-refractivity contribution is 5.57. The van der Waals surface area contributed by atoms with E-state index < -0.39 is 0 Å². The number of allylic oxidation sites excluding steroid dienone is 1. The van der Waals surface area contributed by atoms with Crippen LogP contribution in [0.25, 0.3) is 5.76 Å². The zero-order valence-electron chi connectivity index (χ0n) is 7.51. The van der Waals surface area contributed by atoms with Crippen molar-refractivity contribution in [3.8, 4) is 0 Å². The summed E-state index contributed by atoms with van der Waals surface area (Å²) in [6, 6.07) is 5.95. The smallest absolute Gasteiger partial charge is 0.126 e. The summed E-state index contributed by atoms with van der Waals surface area (Å²) in [5.74, 6) is 0.772. The molecule has 0 bridgehead atoms. The van der Waals surface area contributed by atoms with E-state index in [1.165, 1.54) is 12.1 Å². The lowest BCUT2D eigenvalue weighted by atomic mass is 10.2. The van der Waals surface area contributed by atoms with Crippen LogP contribution in [-0.4, -0.2) is 0 Å². The highest BCUT2D eigenvalue weighted by atomic mass is 19.1. The molecule has 0 aliphatic rings. The molecule has 1 rings (SSSR count). The van der Waals surface area contributed by atoms with Gasteiger partial charge in [-0.05, 0) is 31.2 Å². The van der Waals surface area contributed by atoms with Crippen molar-refractivity contribution < 1.29 is 9.13 Å². The van der Waals surface area contributed by atoms with Gasteiger partial charge in [0.05, 0.1) is 5.76 Å². The maximum atomic E-state index is 12.5. The summed E-state index contributed by atoms with van der Waals surface area (Å²) in [6.07, 6.45) is 0. The lowest BCUT2D eigenvalue weighted by Crippen LogP contribution is -1.87. The van der Waals surface area contributed by atoms with Gasteiger partial charge in [0.2, 0.25) is 0 Å². The van der Waals surface area contributed by atoms with Gasteiger partial charge >= 0.3 is 0 Å². The third kappa shape index (κ3) is 2.75. The third-order valence-corrected chi connectivity index (χ3v) is 1.46. The Kier molecular flexibility index (Phi) is 2.85. The monoisotopic (exact) mass is 178 g/mol. The molecule has 1 aromatic rings. The minimum absolute atomic E-state index is 0.271. The maximum absolute atomic E-state index is 12.5. The molecular weight excluding hydrogens is 167 g/mol. The average molecular weight is 178 g/mol. The Morgan fingerprint density at radius 2 is 1.77 bits per heavy atom. The van der Waals surface area contributed by atoms with Crippen molar-refractivity contribution in [2.24, 2.45) is 0 Å². The van der Waals surface area contributed by atoms with Crippen LogP contribution in [-0.2, 0) is 4.74 Å². The van der Waals surface area contributed by atoms with Gasteiger partial charge in [-0.3, -0.25) is 0 Å². The van der Waals surface area contributed by atoms with E-state index in [9.17, 15) is 4.39 Å². The van der Waals surface area contributed by atoms with E-state index in [0.29, 0.717) is 11.5 Å². The summed E-state index contributed by atoms with van der Waals surface area (Å²) in [7, 11) is 0. The van der Waals surface area contributed by atoms with E-state index >= 15 is 0 Å². The van der Waals surface area contributed by atoms with Gasteiger partial charge in [0, 0.05) is 5.56 Å². The summed E-state index contributed by atoms with van der Waals surface area (Å²) in [5.41, 5.74) is 0.754.